The smallest absolute Gasteiger partial charge is 0.330 e. The third-order valence-electron chi connectivity index (χ3n) is 1.50. The van der Waals surface area contributed by atoms with Crippen LogP contribution >= 0.6 is 27.3 Å². The average molecular weight is 261 g/mol. The second kappa shape index (κ2) is 4.58. The minimum Gasteiger partial charge on any atom is -0.466 e. The van der Waals surface area contributed by atoms with Gasteiger partial charge in [0.25, 0.3) is 0 Å². The van der Waals surface area contributed by atoms with Crippen molar-refractivity contribution in [3.05, 3.63) is 26.9 Å². The van der Waals surface area contributed by atoms with Crippen LogP contribution in [-0.2, 0) is 9.53 Å². The number of rotatable bonds is 2. The van der Waals surface area contributed by atoms with Gasteiger partial charge in [-0.2, -0.15) is 0 Å². The number of hydrogen-bond acceptors (Lipinski definition) is 3. The lowest BCUT2D eigenvalue weighted by atomic mass is 10.2. The maximum Gasteiger partial charge on any atom is 0.330 e. The van der Waals surface area contributed by atoms with Crippen LogP contribution < -0.4 is 0 Å². The van der Waals surface area contributed by atoms with E-state index in [0.29, 0.717) is 0 Å². The largest absolute Gasteiger partial charge is 0.466 e. The van der Waals surface area contributed by atoms with E-state index in [2.05, 4.69) is 20.7 Å². The van der Waals surface area contributed by atoms with E-state index in [1.54, 1.807) is 11.3 Å². The first-order chi connectivity index (χ1) is 6.13. The Kier molecular flexibility index (Phi) is 3.69. The number of halogens is 1. The summed E-state index contributed by atoms with van der Waals surface area (Å²) < 4.78 is 5.58. The monoisotopic (exact) mass is 260 g/mol. The third-order valence-corrected chi connectivity index (χ3v) is 3.26. The van der Waals surface area contributed by atoms with Crippen molar-refractivity contribution < 1.29 is 9.53 Å². The topological polar surface area (TPSA) is 26.3 Å². The van der Waals surface area contributed by atoms with Gasteiger partial charge in [0.05, 0.1) is 10.9 Å². The van der Waals surface area contributed by atoms with E-state index in [1.807, 2.05) is 19.1 Å². The van der Waals surface area contributed by atoms with E-state index in [4.69, 9.17) is 0 Å². The first-order valence-corrected chi connectivity index (χ1v) is 5.26. The molecule has 13 heavy (non-hydrogen) atoms. The molecule has 1 rings (SSSR count). The fourth-order valence-electron chi connectivity index (χ4n) is 0.833. The van der Waals surface area contributed by atoms with Crippen molar-refractivity contribution in [1.82, 2.24) is 0 Å². The predicted octanol–water partition coefficient (Wildman–Crippen LogP) is 3.09. The molecule has 0 radical (unpaired) electrons. The van der Waals surface area contributed by atoms with Crippen molar-refractivity contribution in [2.45, 2.75) is 6.92 Å². The SMILES string of the molecule is COC(=O)/C=C(\C)c1ccc(Br)s1. The van der Waals surface area contributed by atoms with Crippen LogP contribution in [0.2, 0.25) is 0 Å². The molecule has 1 heterocycles. The molecule has 0 aliphatic heterocycles. The van der Waals surface area contributed by atoms with Gasteiger partial charge in [0.15, 0.2) is 0 Å². The van der Waals surface area contributed by atoms with Crippen LogP contribution in [0.3, 0.4) is 0 Å². The standard InChI is InChI=1S/C9H9BrO2S/c1-6(5-9(11)12-2)7-3-4-8(10)13-7/h3-5H,1-2H3/b6-5+. The van der Waals surface area contributed by atoms with Gasteiger partial charge >= 0.3 is 5.97 Å². The van der Waals surface area contributed by atoms with Gasteiger partial charge in [0, 0.05) is 11.0 Å². The molecule has 0 spiro atoms. The quantitative estimate of drug-likeness (QED) is 0.604. The van der Waals surface area contributed by atoms with Crippen molar-refractivity contribution in [1.29, 1.82) is 0 Å². The number of carbonyl (C=O) groups excluding carboxylic acids is 1. The maximum absolute atomic E-state index is 10.9. The summed E-state index contributed by atoms with van der Waals surface area (Å²) in [6.07, 6.45) is 1.48. The Balaban J connectivity index is 2.84. The van der Waals surface area contributed by atoms with Gasteiger partial charge in [-0.1, -0.05) is 0 Å². The molecule has 0 N–H and O–H groups in total. The van der Waals surface area contributed by atoms with Crippen LogP contribution in [0.1, 0.15) is 11.8 Å². The zero-order valence-electron chi connectivity index (χ0n) is 7.33. The van der Waals surface area contributed by atoms with Crippen LogP contribution in [0.4, 0.5) is 0 Å². The fourth-order valence-corrected chi connectivity index (χ4v) is 2.19. The summed E-state index contributed by atoms with van der Waals surface area (Å²) in [7, 11) is 1.37. The summed E-state index contributed by atoms with van der Waals surface area (Å²) in [5.74, 6) is -0.318. The normalized spacial score (nSPS) is 11.5. The molecule has 2 nitrogen and oxygen atoms in total. The van der Waals surface area contributed by atoms with Gasteiger partial charge in [-0.05, 0) is 40.6 Å². The van der Waals surface area contributed by atoms with E-state index < -0.39 is 0 Å². The van der Waals surface area contributed by atoms with Crippen molar-refractivity contribution >= 4 is 38.8 Å². The summed E-state index contributed by atoms with van der Waals surface area (Å²) in [6.45, 7) is 1.88. The molecule has 0 aromatic carbocycles. The second-order valence-electron chi connectivity index (χ2n) is 2.45. The number of thiophene rings is 1. The van der Waals surface area contributed by atoms with E-state index in [-0.39, 0.29) is 5.97 Å². The Hall–Kier alpha value is -0.610. The molecule has 0 unspecified atom stereocenters. The Morgan fingerprint density at radius 1 is 1.62 bits per heavy atom. The molecule has 0 saturated carbocycles. The summed E-state index contributed by atoms with van der Waals surface area (Å²) >= 11 is 4.95. The lowest BCUT2D eigenvalue weighted by molar-refractivity contribution is -0.134. The summed E-state index contributed by atoms with van der Waals surface area (Å²) in [4.78, 5) is 12.0. The molecule has 0 bridgehead atoms. The minimum absolute atomic E-state index is 0.318. The first-order valence-electron chi connectivity index (χ1n) is 3.65. The zero-order chi connectivity index (χ0) is 9.84. The number of carbonyl (C=O) groups is 1. The maximum atomic E-state index is 10.9. The third kappa shape index (κ3) is 2.97. The van der Waals surface area contributed by atoms with Gasteiger partial charge in [0.1, 0.15) is 0 Å². The fraction of sp³-hybridized carbons (Fsp3) is 0.222. The molecule has 0 aliphatic carbocycles. The van der Waals surface area contributed by atoms with Crippen molar-refractivity contribution in [2.75, 3.05) is 7.11 Å². The zero-order valence-corrected chi connectivity index (χ0v) is 9.74. The molecule has 0 aliphatic rings. The highest BCUT2D eigenvalue weighted by Gasteiger charge is 2.02. The molecule has 0 saturated heterocycles. The molecule has 0 atom stereocenters. The van der Waals surface area contributed by atoms with Gasteiger partial charge in [-0.15, -0.1) is 11.3 Å². The van der Waals surface area contributed by atoms with Crippen LogP contribution in [0, 0.1) is 0 Å². The molecule has 1 aromatic heterocycles. The molecule has 0 amide bonds. The predicted molar refractivity (Wildman–Crippen MR) is 57.7 cm³/mol. The number of ether oxygens (including phenoxy) is 1. The summed E-state index contributed by atoms with van der Waals surface area (Å²) in [5.41, 5.74) is 0.919. The van der Waals surface area contributed by atoms with Gasteiger partial charge in [0.2, 0.25) is 0 Å². The average Bonchev–Trinajstić information content (AvgIpc) is 2.51. The van der Waals surface area contributed by atoms with Crippen LogP contribution in [0.15, 0.2) is 22.0 Å². The van der Waals surface area contributed by atoms with Crippen molar-refractivity contribution in [3.63, 3.8) is 0 Å². The highest BCUT2D eigenvalue weighted by atomic mass is 79.9. The highest BCUT2D eigenvalue weighted by Crippen LogP contribution is 2.27. The van der Waals surface area contributed by atoms with Crippen LogP contribution in [-0.4, -0.2) is 13.1 Å². The highest BCUT2D eigenvalue weighted by molar-refractivity contribution is 9.11. The van der Waals surface area contributed by atoms with Gasteiger partial charge < -0.3 is 4.74 Å². The Bertz CT molecular complexity index is 341. The number of methoxy groups -OCH3 is 1. The van der Waals surface area contributed by atoms with Crippen molar-refractivity contribution in [2.24, 2.45) is 0 Å². The Morgan fingerprint density at radius 3 is 2.77 bits per heavy atom. The lowest BCUT2D eigenvalue weighted by Crippen LogP contribution is -1.94. The molecule has 4 heteroatoms. The second-order valence-corrected chi connectivity index (χ2v) is 4.92. The molecular formula is C9H9BrO2S. The molecule has 70 valence electrons. The van der Waals surface area contributed by atoms with E-state index in [1.165, 1.54) is 13.2 Å². The Labute approximate surface area is 89.3 Å². The van der Waals surface area contributed by atoms with E-state index in [0.717, 1.165) is 14.2 Å². The van der Waals surface area contributed by atoms with Crippen LogP contribution in [0.25, 0.3) is 5.57 Å². The van der Waals surface area contributed by atoms with Gasteiger partial charge in [-0.25, -0.2) is 4.79 Å². The molecule has 0 fully saturated rings. The van der Waals surface area contributed by atoms with Crippen molar-refractivity contribution in [3.8, 4) is 0 Å². The van der Waals surface area contributed by atoms with E-state index >= 15 is 0 Å². The van der Waals surface area contributed by atoms with Crippen LogP contribution in [0.5, 0.6) is 0 Å². The molecular weight excluding hydrogens is 252 g/mol. The summed E-state index contributed by atoms with van der Waals surface area (Å²) in [5, 5.41) is 0. The number of hydrogen-bond donors (Lipinski definition) is 0. The van der Waals surface area contributed by atoms with E-state index in [9.17, 15) is 4.79 Å². The first kappa shape index (κ1) is 10.5. The number of esters is 1. The minimum atomic E-state index is -0.318. The summed E-state index contributed by atoms with van der Waals surface area (Å²) in [6, 6.07) is 3.91. The lowest BCUT2D eigenvalue weighted by Gasteiger charge is -1.95. The molecule has 1 aromatic rings. The number of allylic oxidation sites excluding steroid dienone is 1. The van der Waals surface area contributed by atoms with Gasteiger partial charge in [-0.3, -0.25) is 0 Å². The Morgan fingerprint density at radius 2 is 2.31 bits per heavy atom.